The number of hydrogen-bond donors (Lipinski definition) is 0. The largest absolute Gasteiger partial charge is 0.329 e. The maximum Gasteiger partial charge on any atom is 0.329 e. The van der Waals surface area contributed by atoms with Gasteiger partial charge in [-0.1, -0.05) is 42.1 Å². The lowest BCUT2D eigenvalue weighted by atomic mass is 10.2. The Morgan fingerprint density at radius 3 is 2.46 bits per heavy atom. The van der Waals surface area contributed by atoms with Crippen molar-refractivity contribution in [2.45, 2.75) is 26.9 Å². The van der Waals surface area contributed by atoms with Gasteiger partial charge in [-0.2, -0.15) is 0 Å². The van der Waals surface area contributed by atoms with Crippen LogP contribution in [-0.2, 0) is 17.9 Å². The first kappa shape index (κ1) is 18.6. The van der Waals surface area contributed by atoms with Gasteiger partial charge in [0.05, 0.1) is 16.7 Å². The number of rotatable bonds is 4. The van der Waals surface area contributed by atoms with Crippen molar-refractivity contribution in [1.29, 1.82) is 0 Å². The quantitative estimate of drug-likeness (QED) is 0.681. The normalized spacial score (nSPS) is 15.6. The second-order valence-corrected chi connectivity index (χ2v) is 7.74. The van der Waals surface area contributed by atoms with Crippen molar-refractivity contribution < 1.29 is 4.79 Å². The Hall–Kier alpha value is -2.80. The van der Waals surface area contributed by atoms with Crippen molar-refractivity contribution in [2.24, 2.45) is 4.99 Å². The van der Waals surface area contributed by atoms with Crippen molar-refractivity contribution in [1.82, 2.24) is 14.0 Å². The van der Waals surface area contributed by atoms with E-state index < -0.39 is 0 Å². The second-order valence-electron chi connectivity index (χ2n) is 6.68. The van der Waals surface area contributed by atoms with Gasteiger partial charge in [-0.25, -0.2) is 9.79 Å². The van der Waals surface area contributed by atoms with Crippen molar-refractivity contribution in [2.75, 3.05) is 12.3 Å². The fraction of sp³-hybridized carbons (Fsp3) is 0.286. The van der Waals surface area contributed by atoms with Gasteiger partial charge >= 0.3 is 5.69 Å². The van der Waals surface area contributed by atoms with Crippen LogP contribution in [-0.4, -0.2) is 37.4 Å². The number of hydrogen-bond acceptors (Lipinski definition) is 4. The Morgan fingerprint density at radius 2 is 1.75 bits per heavy atom. The molecule has 1 aromatic heterocycles. The summed E-state index contributed by atoms with van der Waals surface area (Å²) >= 11 is 1.57. The van der Waals surface area contributed by atoms with Crippen LogP contribution in [0, 0.1) is 6.92 Å². The van der Waals surface area contributed by atoms with Gasteiger partial charge in [0.1, 0.15) is 6.54 Å². The molecule has 0 aliphatic carbocycles. The van der Waals surface area contributed by atoms with Crippen LogP contribution in [0.5, 0.6) is 0 Å². The average molecular weight is 395 g/mol. The first-order valence-electron chi connectivity index (χ1n) is 9.35. The minimum atomic E-state index is -0.152. The monoisotopic (exact) mass is 394 g/mol. The molecule has 4 rings (SSSR count). The van der Waals surface area contributed by atoms with Crippen LogP contribution in [0.25, 0.3) is 11.0 Å². The highest BCUT2D eigenvalue weighted by molar-refractivity contribution is 8.14. The number of carbonyl (C=O) groups excluding carboxylic acids is 1. The zero-order valence-electron chi connectivity index (χ0n) is 16.0. The number of aryl methyl sites for hydroxylation is 2. The highest BCUT2D eigenvalue weighted by Gasteiger charge is 2.27. The van der Waals surface area contributed by atoms with E-state index in [2.05, 4.69) is 0 Å². The van der Waals surface area contributed by atoms with Crippen LogP contribution in [0.3, 0.4) is 0 Å². The first-order chi connectivity index (χ1) is 13.6. The number of amidine groups is 1. The number of para-hydroxylation sites is 3. The maximum atomic E-state index is 13.1. The molecule has 3 aromatic rings. The predicted octanol–water partition coefficient (Wildman–Crippen LogP) is 3.39. The van der Waals surface area contributed by atoms with Gasteiger partial charge in [-0.15, -0.1) is 0 Å². The molecule has 1 fully saturated rings. The Labute approximate surface area is 167 Å². The third-order valence-corrected chi connectivity index (χ3v) is 5.90. The van der Waals surface area contributed by atoms with Crippen molar-refractivity contribution >= 4 is 39.6 Å². The van der Waals surface area contributed by atoms with Crippen LogP contribution in [0.2, 0.25) is 0 Å². The number of carbonyl (C=O) groups is 1. The molecule has 28 heavy (non-hydrogen) atoms. The third kappa shape index (κ3) is 3.26. The molecule has 0 spiro atoms. The Morgan fingerprint density at radius 1 is 1.07 bits per heavy atom. The molecule has 7 heteroatoms. The van der Waals surface area contributed by atoms with Crippen molar-refractivity contribution in [3.8, 4) is 0 Å². The predicted molar refractivity (Wildman–Crippen MR) is 114 cm³/mol. The average Bonchev–Trinajstić information content (AvgIpc) is 3.26. The molecule has 1 saturated heterocycles. The molecular formula is C21H22N4O2S. The lowest BCUT2D eigenvalue weighted by Gasteiger charge is -2.16. The molecule has 0 saturated carbocycles. The van der Waals surface area contributed by atoms with E-state index in [9.17, 15) is 9.59 Å². The lowest BCUT2D eigenvalue weighted by Crippen LogP contribution is -2.37. The molecule has 2 aromatic carbocycles. The number of aliphatic imine (C=N–C) groups is 1. The van der Waals surface area contributed by atoms with Crippen LogP contribution < -0.4 is 5.69 Å². The van der Waals surface area contributed by atoms with Gasteiger partial charge in [-0.3, -0.25) is 18.8 Å². The fourth-order valence-corrected chi connectivity index (χ4v) is 4.44. The Bertz CT molecular complexity index is 1130. The minimum Gasteiger partial charge on any atom is -0.292 e. The molecule has 0 bridgehead atoms. The molecule has 0 N–H and O–H groups in total. The molecule has 144 valence electrons. The zero-order chi connectivity index (χ0) is 19.7. The Balaban J connectivity index is 1.66. The van der Waals surface area contributed by atoms with E-state index in [0.29, 0.717) is 18.3 Å². The van der Waals surface area contributed by atoms with E-state index in [4.69, 9.17) is 4.99 Å². The van der Waals surface area contributed by atoms with Gasteiger partial charge in [0.2, 0.25) is 5.91 Å². The summed E-state index contributed by atoms with van der Waals surface area (Å²) in [7, 11) is 0. The van der Waals surface area contributed by atoms with Gasteiger partial charge in [0.25, 0.3) is 0 Å². The fourth-order valence-electron chi connectivity index (χ4n) is 3.47. The first-order valence-corrected chi connectivity index (χ1v) is 10.3. The van der Waals surface area contributed by atoms with Crippen LogP contribution in [0.1, 0.15) is 12.5 Å². The summed E-state index contributed by atoms with van der Waals surface area (Å²) in [6.45, 7) is 5.13. The van der Waals surface area contributed by atoms with E-state index in [-0.39, 0.29) is 18.1 Å². The molecule has 0 radical (unpaired) electrons. The number of imidazole rings is 1. The molecule has 1 aliphatic heterocycles. The second kappa shape index (κ2) is 7.67. The number of fused-ring (bicyclic) bond motifs is 1. The van der Waals surface area contributed by atoms with Crippen molar-refractivity contribution in [3.05, 3.63) is 64.6 Å². The molecule has 0 unspecified atom stereocenters. The number of thioether (sulfide) groups is 1. The zero-order valence-corrected chi connectivity index (χ0v) is 16.8. The van der Waals surface area contributed by atoms with Gasteiger partial charge < -0.3 is 0 Å². The standard InChI is InChI=1S/C21H22N4O2S/c1-3-23-17-10-6-7-11-18(17)25(21(23)27)14-19(26)24-12-13-28-20(24)22-16-9-5-4-8-15(16)2/h4-11H,3,12-14H2,1-2H3. The summed E-state index contributed by atoms with van der Waals surface area (Å²) in [6, 6.07) is 15.5. The van der Waals surface area contributed by atoms with Gasteiger partial charge in [0.15, 0.2) is 5.17 Å². The van der Waals surface area contributed by atoms with E-state index in [0.717, 1.165) is 28.0 Å². The highest BCUT2D eigenvalue weighted by Crippen LogP contribution is 2.25. The summed E-state index contributed by atoms with van der Waals surface area (Å²) in [5.74, 6) is 0.695. The molecule has 2 heterocycles. The number of aromatic nitrogens is 2. The van der Waals surface area contributed by atoms with Crippen LogP contribution >= 0.6 is 11.8 Å². The van der Waals surface area contributed by atoms with Crippen LogP contribution in [0.4, 0.5) is 5.69 Å². The molecule has 6 nitrogen and oxygen atoms in total. The molecule has 0 atom stereocenters. The SMILES string of the molecule is CCn1c(=O)n(CC(=O)N2CCSC2=Nc2ccccc2C)c2ccccc21. The van der Waals surface area contributed by atoms with Gasteiger partial charge in [0, 0.05) is 18.8 Å². The van der Waals surface area contributed by atoms with Gasteiger partial charge in [-0.05, 0) is 37.6 Å². The number of benzene rings is 2. The third-order valence-electron chi connectivity index (χ3n) is 4.94. The van der Waals surface area contributed by atoms with Crippen molar-refractivity contribution in [3.63, 3.8) is 0 Å². The molecule has 1 amide bonds. The smallest absolute Gasteiger partial charge is 0.292 e. The lowest BCUT2D eigenvalue weighted by molar-refractivity contribution is -0.127. The topological polar surface area (TPSA) is 59.6 Å². The van der Waals surface area contributed by atoms with E-state index >= 15 is 0 Å². The Kier molecular flexibility index (Phi) is 5.09. The number of nitrogens with zero attached hydrogens (tertiary/aromatic N) is 4. The van der Waals surface area contributed by atoms with E-state index in [1.54, 1.807) is 25.8 Å². The highest BCUT2D eigenvalue weighted by atomic mass is 32.2. The molecular weight excluding hydrogens is 372 g/mol. The summed E-state index contributed by atoms with van der Waals surface area (Å²) in [6.07, 6.45) is 0. The van der Waals surface area contributed by atoms with E-state index in [1.165, 1.54) is 0 Å². The summed E-state index contributed by atoms with van der Waals surface area (Å²) in [4.78, 5) is 32.3. The minimum absolute atomic E-state index is 0.0136. The summed E-state index contributed by atoms with van der Waals surface area (Å²) in [5, 5.41) is 0.701. The number of amides is 1. The summed E-state index contributed by atoms with van der Waals surface area (Å²) in [5.41, 5.74) is 3.42. The maximum absolute atomic E-state index is 13.1. The molecule has 1 aliphatic rings. The van der Waals surface area contributed by atoms with E-state index in [1.807, 2.05) is 62.4 Å². The van der Waals surface area contributed by atoms with Crippen LogP contribution in [0.15, 0.2) is 58.3 Å². The summed E-state index contributed by atoms with van der Waals surface area (Å²) < 4.78 is 3.26.